The molecule has 0 spiro atoms. The number of rotatable bonds is 7. The highest BCUT2D eigenvalue weighted by molar-refractivity contribution is 5.96. The third-order valence-electron chi connectivity index (χ3n) is 10.8. The number of allylic oxidation sites excluding steroid dienone is 1. The van der Waals surface area contributed by atoms with E-state index in [1.165, 1.54) is 50.7 Å². The van der Waals surface area contributed by atoms with Gasteiger partial charge in [-0.3, -0.25) is 24.0 Å². The first-order chi connectivity index (χ1) is 27.6. The third-order valence-corrected chi connectivity index (χ3v) is 10.8. The molecule has 0 saturated heterocycles. The van der Waals surface area contributed by atoms with Crippen LogP contribution in [0.15, 0.2) is 53.6 Å². The number of nitrogens with one attached hydrogen (secondary N) is 3. The molecule has 5 amide bonds. The van der Waals surface area contributed by atoms with Crippen molar-refractivity contribution >= 4 is 41.5 Å². The molecule has 1 aliphatic heterocycles. The summed E-state index contributed by atoms with van der Waals surface area (Å²) in [7, 11) is 2.85. The first-order valence-corrected chi connectivity index (χ1v) is 20.5. The molecule has 0 bridgehead atoms. The van der Waals surface area contributed by atoms with Crippen molar-refractivity contribution in [3.05, 3.63) is 59.2 Å². The lowest BCUT2D eigenvalue weighted by Crippen LogP contribution is -2.57. The quantitative estimate of drug-likeness (QED) is 0.234. The SMILES string of the molecule is C/C=C(\C)[C@H]1OC(=O)[C@@H](C)NC(=O)[C@H]([C@@H](C)CC)NC(=O)CN(C)C(=O)C(Cc2ccccc2)N(C)C(=O)[C@H](C)NC(=O)C(CC(C)C)OC(=O)/C(C)=C/C[C@H](O)[C@@H]1C. The number of amides is 5. The first-order valence-electron chi connectivity index (χ1n) is 20.5. The lowest BCUT2D eigenvalue weighted by atomic mass is 9.90. The Morgan fingerprint density at radius 2 is 1.51 bits per heavy atom. The van der Waals surface area contributed by atoms with E-state index >= 15 is 0 Å². The van der Waals surface area contributed by atoms with Crippen molar-refractivity contribution in [2.45, 2.75) is 137 Å². The van der Waals surface area contributed by atoms with Crippen LogP contribution in [-0.4, -0.2) is 120 Å². The number of aliphatic hydroxyl groups excluding tert-OH is 1. The monoisotopic (exact) mass is 825 g/mol. The summed E-state index contributed by atoms with van der Waals surface area (Å²) in [5.41, 5.74) is 1.51. The predicted molar refractivity (Wildman–Crippen MR) is 223 cm³/mol. The maximum atomic E-state index is 14.1. The van der Waals surface area contributed by atoms with Gasteiger partial charge in [-0.25, -0.2) is 9.59 Å². The summed E-state index contributed by atoms with van der Waals surface area (Å²) < 4.78 is 11.5. The molecule has 1 aromatic rings. The van der Waals surface area contributed by atoms with E-state index in [1.807, 2.05) is 26.8 Å². The van der Waals surface area contributed by atoms with E-state index in [0.717, 1.165) is 5.56 Å². The summed E-state index contributed by atoms with van der Waals surface area (Å²) in [6.07, 6.45) is 0.687. The third kappa shape index (κ3) is 14.9. The van der Waals surface area contributed by atoms with Crippen molar-refractivity contribution in [1.29, 1.82) is 0 Å². The van der Waals surface area contributed by atoms with Gasteiger partial charge in [0, 0.05) is 32.0 Å². The maximum absolute atomic E-state index is 14.1. The smallest absolute Gasteiger partial charge is 0.334 e. The van der Waals surface area contributed by atoms with Crippen LogP contribution >= 0.6 is 0 Å². The number of likely N-dealkylation sites (N-methyl/N-ethyl adjacent to an activating group) is 2. The summed E-state index contributed by atoms with van der Waals surface area (Å²) in [5.74, 6) is -5.83. The van der Waals surface area contributed by atoms with Gasteiger partial charge in [0.2, 0.25) is 23.6 Å². The van der Waals surface area contributed by atoms with Gasteiger partial charge >= 0.3 is 11.9 Å². The molecule has 2 rings (SSSR count). The second kappa shape index (κ2) is 23.5. The summed E-state index contributed by atoms with van der Waals surface area (Å²) >= 11 is 0. The summed E-state index contributed by atoms with van der Waals surface area (Å²) in [6.45, 7) is 16.5. The number of cyclic esters (lactones) is 2. The van der Waals surface area contributed by atoms with Crippen LogP contribution in [0, 0.1) is 17.8 Å². The molecule has 0 aromatic heterocycles. The molecule has 15 heteroatoms. The van der Waals surface area contributed by atoms with Gasteiger partial charge in [0.25, 0.3) is 5.91 Å². The van der Waals surface area contributed by atoms with Crippen LogP contribution in [0.4, 0.5) is 0 Å². The van der Waals surface area contributed by atoms with Gasteiger partial charge in [-0.15, -0.1) is 0 Å². The van der Waals surface area contributed by atoms with E-state index in [0.29, 0.717) is 12.0 Å². The minimum atomic E-state index is -1.26. The molecule has 0 saturated carbocycles. The highest BCUT2D eigenvalue weighted by atomic mass is 16.6. The fraction of sp³-hybridized carbons (Fsp3) is 0.614. The summed E-state index contributed by atoms with van der Waals surface area (Å²) in [6, 6.07) is 4.53. The number of carbonyl (C=O) groups excluding carboxylic acids is 7. The maximum Gasteiger partial charge on any atom is 0.334 e. The minimum Gasteiger partial charge on any atom is -0.456 e. The van der Waals surface area contributed by atoms with E-state index in [9.17, 15) is 38.7 Å². The average molecular weight is 826 g/mol. The Hall–Kier alpha value is -5.05. The average Bonchev–Trinajstić information content (AvgIpc) is 3.20. The Bertz CT molecular complexity index is 1700. The molecular formula is C44H67N5O10. The van der Waals surface area contributed by atoms with E-state index < -0.39 is 96.4 Å². The fourth-order valence-corrected chi connectivity index (χ4v) is 6.55. The van der Waals surface area contributed by atoms with E-state index in [2.05, 4.69) is 16.0 Å². The zero-order chi connectivity index (χ0) is 44.7. The first kappa shape index (κ1) is 50.1. The minimum absolute atomic E-state index is 0.0211. The van der Waals surface area contributed by atoms with Crippen molar-refractivity contribution in [1.82, 2.24) is 25.8 Å². The Kier molecular flexibility index (Phi) is 20.0. The van der Waals surface area contributed by atoms with Crippen molar-refractivity contribution in [2.24, 2.45) is 17.8 Å². The number of esters is 2. The molecule has 0 fully saturated rings. The standard InChI is InChI=1S/C44H67N5O10/c1-13-26(5)37-40(53)46-31(10)44(57)59-38(27(6)14-2)29(8)34(50)21-20-28(7)43(56)58-35(22-25(3)4)39(52)45-30(9)41(54)49(12)33(23-32-18-16-15-17-19-32)42(55)48(11)24-36(51)47-37/h14-20,25-26,29-31,33-35,37-38,50H,13,21-24H2,1-12H3,(H,45,52)(H,46,53)(H,47,51)/b27-14+,28-20+/t26-,29-,30-,31+,33?,34-,35?,37-,38+/m0/s1. The molecule has 1 heterocycles. The second-order valence-corrected chi connectivity index (χ2v) is 16.2. The number of ether oxygens (including phenoxy) is 2. The highest BCUT2D eigenvalue weighted by Crippen LogP contribution is 2.24. The van der Waals surface area contributed by atoms with Gasteiger partial charge in [-0.1, -0.05) is 83.5 Å². The number of nitrogens with zero attached hydrogens (tertiary/aromatic N) is 2. The van der Waals surface area contributed by atoms with Crippen molar-refractivity contribution < 1.29 is 48.1 Å². The van der Waals surface area contributed by atoms with Crippen molar-refractivity contribution in [2.75, 3.05) is 20.6 Å². The molecule has 4 N–H and O–H groups in total. The van der Waals surface area contributed by atoms with E-state index in [-0.39, 0.29) is 36.7 Å². The molecule has 15 nitrogen and oxygen atoms in total. The van der Waals surface area contributed by atoms with Crippen LogP contribution in [0.5, 0.6) is 0 Å². The van der Waals surface area contributed by atoms with Gasteiger partial charge in [-0.05, 0) is 70.4 Å². The fourth-order valence-electron chi connectivity index (χ4n) is 6.55. The van der Waals surface area contributed by atoms with Crippen LogP contribution < -0.4 is 16.0 Å². The Balaban J connectivity index is 2.62. The molecule has 9 atom stereocenters. The van der Waals surface area contributed by atoms with Crippen LogP contribution in [0.25, 0.3) is 0 Å². The number of hydrogen-bond acceptors (Lipinski definition) is 10. The molecule has 1 aromatic carbocycles. The van der Waals surface area contributed by atoms with Crippen molar-refractivity contribution in [3.63, 3.8) is 0 Å². The Labute approximate surface area is 349 Å². The van der Waals surface area contributed by atoms with E-state index in [1.54, 1.807) is 58.0 Å². The molecule has 1 aliphatic rings. The normalized spacial score (nSPS) is 28.8. The number of carbonyl (C=O) groups is 7. The van der Waals surface area contributed by atoms with Gasteiger partial charge < -0.3 is 40.3 Å². The molecular weight excluding hydrogens is 759 g/mol. The summed E-state index contributed by atoms with van der Waals surface area (Å²) in [4.78, 5) is 98.0. The number of aliphatic hydroxyl groups is 1. The lowest BCUT2D eigenvalue weighted by molar-refractivity contribution is -0.155. The summed E-state index contributed by atoms with van der Waals surface area (Å²) in [5, 5.41) is 19.3. The van der Waals surface area contributed by atoms with Gasteiger partial charge in [0.05, 0.1) is 12.6 Å². The Morgan fingerprint density at radius 1 is 0.898 bits per heavy atom. The number of hydrogen-bond donors (Lipinski definition) is 4. The topological polar surface area (TPSA) is 201 Å². The molecule has 2 unspecified atom stereocenters. The van der Waals surface area contributed by atoms with Crippen LogP contribution in [-0.2, 0) is 49.5 Å². The van der Waals surface area contributed by atoms with Crippen molar-refractivity contribution in [3.8, 4) is 0 Å². The van der Waals surface area contributed by atoms with Gasteiger partial charge in [-0.2, -0.15) is 0 Å². The van der Waals surface area contributed by atoms with Gasteiger partial charge in [0.1, 0.15) is 30.3 Å². The van der Waals surface area contributed by atoms with Crippen LogP contribution in [0.3, 0.4) is 0 Å². The van der Waals surface area contributed by atoms with E-state index in [4.69, 9.17) is 9.47 Å². The lowest BCUT2D eigenvalue weighted by Gasteiger charge is -2.33. The van der Waals surface area contributed by atoms with Crippen LogP contribution in [0.1, 0.15) is 94.1 Å². The van der Waals surface area contributed by atoms with Gasteiger partial charge in [0.15, 0.2) is 6.10 Å². The molecule has 59 heavy (non-hydrogen) atoms. The number of benzene rings is 1. The zero-order valence-electron chi connectivity index (χ0n) is 36.9. The molecule has 0 aliphatic carbocycles. The highest BCUT2D eigenvalue weighted by Gasteiger charge is 2.36. The van der Waals surface area contributed by atoms with Crippen LogP contribution in [0.2, 0.25) is 0 Å². The second-order valence-electron chi connectivity index (χ2n) is 16.2. The molecule has 0 radical (unpaired) electrons. The largest absolute Gasteiger partial charge is 0.456 e. The Morgan fingerprint density at radius 3 is 2.08 bits per heavy atom. The zero-order valence-corrected chi connectivity index (χ0v) is 36.9. The molecule has 328 valence electrons. The predicted octanol–water partition coefficient (Wildman–Crippen LogP) is 3.24.